The summed E-state index contributed by atoms with van der Waals surface area (Å²) in [6.45, 7) is 3.44. The molecule has 6 nitrogen and oxygen atoms in total. The lowest BCUT2D eigenvalue weighted by Gasteiger charge is -2.26. The van der Waals surface area contributed by atoms with Crippen molar-refractivity contribution in [1.29, 1.82) is 0 Å². The fourth-order valence-corrected chi connectivity index (χ4v) is 4.45. The summed E-state index contributed by atoms with van der Waals surface area (Å²) < 4.78 is 39.7. The van der Waals surface area contributed by atoms with Gasteiger partial charge in [0.2, 0.25) is 10.0 Å². The van der Waals surface area contributed by atoms with Crippen molar-refractivity contribution in [3.05, 3.63) is 65.5 Å². The number of piperidine rings is 1. The quantitative estimate of drug-likeness (QED) is 0.695. The standard InChI is InChI=1S/C22H28FN3O3S/c1-30(28,29)26(17-19-7-3-4-8-21(19)23)20-11-9-18(10-12-20)22(27)24-13-16-25-14-5-2-6-15-25/h3-4,7-12H,2,5-6,13-17H2,1H3,(H,24,27). The summed E-state index contributed by atoms with van der Waals surface area (Å²) in [5.41, 5.74) is 1.12. The van der Waals surface area contributed by atoms with Gasteiger partial charge in [0.05, 0.1) is 18.5 Å². The smallest absolute Gasteiger partial charge is 0.251 e. The van der Waals surface area contributed by atoms with Crippen LogP contribution >= 0.6 is 0 Å². The number of sulfonamides is 1. The molecule has 0 radical (unpaired) electrons. The normalized spacial score (nSPS) is 15.0. The number of likely N-dealkylation sites (tertiary alicyclic amines) is 1. The van der Waals surface area contributed by atoms with E-state index >= 15 is 0 Å². The van der Waals surface area contributed by atoms with Crippen LogP contribution in [0.1, 0.15) is 35.2 Å². The van der Waals surface area contributed by atoms with Gasteiger partial charge in [0.1, 0.15) is 5.82 Å². The molecule has 0 unspecified atom stereocenters. The van der Waals surface area contributed by atoms with Crippen molar-refractivity contribution in [2.24, 2.45) is 0 Å². The summed E-state index contributed by atoms with van der Waals surface area (Å²) in [7, 11) is -3.63. The number of anilines is 1. The maximum absolute atomic E-state index is 14.0. The van der Waals surface area contributed by atoms with Crippen LogP contribution in [0.5, 0.6) is 0 Å². The molecule has 0 bridgehead atoms. The van der Waals surface area contributed by atoms with Crippen LogP contribution in [0.25, 0.3) is 0 Å². The van der Waals surface area contributed by atoms with Crippen molar-refractivity contribution in [3.8, 4) is 0 Å². The lowest BCUT2D eigenvalue weighted by atomic mass is 10.1. The topological polar surface area (TPSA) is 69.7 Å². The number of carbonyl (C=O) groups excluding carboxylic acids is 1. The van der Waals surface area contributed by atoms with Crippen LogP contribution < -0.4 is 9.62 Å². The summed E-state index contributed by atoms with van der Waals surface area (Å²) >= 11 is 0. The molecule has 0 saturated carbocycles. The Hall–Kier alpha value is -2.45. The Balaban J connectivity index is 1.64. The Morgan fingerprint density at radius 3 is 2.37 bits per heavy atom. The molecule has 1 saturated heterocycles. The van der Waals surface area contributed by atoms with Crippen LogP contribution in [0.3, 0.4) is 0 Å². The van der Waals surface area contributed by atoms with Gasteiger partial charge >= 0.3 is 0 Å². The maximum atomic E-state index is 14.0. The molecule has 162 valence electrons. The molecule has 1 aliphatic rings. The van der Waals surface area contributed by atoms with Gasteiger partial charge in [-0.15, -0.1) is 0 Å². The molecule has 2 aromatic rings. The second kappa shape index (κ2) is 10.0. The highest BCUT2D eigenvalue weighted by Crippen LogP contribution is 2.22. The predicted molar refractivity (Wildman–Crippen MR) is 116 cm³/mol. The van der Waals surface area contributed by atoms with Crippen LogP contribution in [-0.4, -0.2) is 51.7 Å². The maximum Gasteiger partial charge on any atom is 0.251 e. The molecule has 1 amide bonds. The number of benzene rings is 2. The summed E-state index contributed by atoms with van der Waals surface area (Å²) in [6, 6.07) is 12.4. The molecular weight excluding hydrogens is 405 g/mol. The van der Waals surface area contributed by atoms with Crippen LogP contribution in [0.4, 0.5) is 10.1 Å². The van der Waals surface area contributed by atoms with E-state index in [2.05, 4.69) is 10.2 Å². The predicted octanol–water partition coefficient (Wildman–Crippen LogP) is 3.01. The van der Waals surface area contributed by atoms with Gasteiger partial charge in [0.15, 0.2) is 0 Å². The van der Waals surface area contributed by atoms with Crippen molar-refractivity contribution in [2.75, 3.05) is 36.7 Å². The largest absolute Gasteiger partial charge is 0.351 e. The number of nitrogens with one attached hydrogen (secondary N) is 1. The van der Waals surface area contributed by atoms with Gasteiger partial charge in [0.25, 0.3) is 5.91 Å². The number of nitrogens with zero attached hydrogens (tertiary/aromatic N) is 2. The van der Waals surface area contributed by atoms with Crippen molar-refractivity contribution >= 4 is 21.6 Å². The van der Waals surface area contributed by atoms with E-state index < -0.39 is 15.8 Å². The van der Waals surface area contributed by atoms with Gasteiger partial charge in [-0.1, -0.05) is 24.6 Å². The third-order valence-corrected chi connectivity index (χ3v) is 6.39. The average molecular weight is 434 g/mol. The van der Waals surface area contributed by atoms with Gasteiger partial charge < -0.3 is 10.2 Å². The highest BCUT2D eigenvalue weighted by molar-refractivity contribution is 7.92. The van der Waals surface area contributed by atoms with E-state index in [0.29, 0.717) is 17.8 Å². The lowest BCUT2D eigenvalue weighted by molar-refractivity contribution is 0.0946. The van der Waals surface area contributed by atoms with E-state index in [1.54, 1.807) is 42.5 Å². The highest BCUT2D eigenvalue weighted by Gasteiger charge is 2.20. The molecule has 1 heterocycles. The summed E-state index contributed by atoms with van der Waals surface area (Å²) in [6.07, 6.45) is 4.77. The van der Waals surface area contributed by atoms with Gasteiger partial charge in [-0.05, 0) is 56.3 Å². The zero-order valence-corrected chi connectivity index (χ0v) is 18.0. The minimum Gasteiger partial charge on any atom is -0.351 e. The van der Waals surface area contributed by atoms with Crippen LogP contribution in [0.2, 0.25) is 0 Å². The molecular formula is C22H28FN3O3S. The van der Waals surface area contributed by atoms with E-state index in [-0.39, 0.29) is 18.0 Å². The molecule has 0 aromatic heterocycles. The van der Waals surface area contributed by atoms with Gasteiger partial charge in [0, 0.05) is 24.2 Å². The van der Waals surface area contributed by atoms with Gasteiger partial charge in [-0.25, -0.2) is 12.8 Å². The Kier molecular flexibility index (Phi) is 7.44. The Morgan fingerprint density at radius 2 is 1.73 bits per heavy atom. The molecule has 0 atom stereocenters. The van der Waals surface area contributed by atoms with Crippen molar-refractivity contribution in [2.45, 2.75) is 25.8 Å². The number of amides is 1. The molecule has 1 aliphatic heterocycles. The number of hydrogen-bond acceptors (Lipinski definition) is 4. The third-order valence-electron chi connectivity index (χ3n) is 5.25. The first-order chi connectivity index (χ1) is 14.3. The van der Waals surface area contributed by atoms with E-state index in [4.69, 9.17) is 0 Å². The molecule has 3 rings (SSSR count). The molecule has 2 aromatic carbocycles. The van der Waals surface area contributed by atoms with E-state index in [9.17, 15) is 17.6 Å². The van der Waals surface area contributed by atoms with Crippen LogP contribution in [-0.2, 0) is 16.6 Å². The minimum atomic E-state index is -3.63. The van der Waals surface area contributed by atoms with E-state index in [1.165, 1.54) is 25.3 Å². The number of hydrogen-bond donors (Lipinski definition) is 1. The van der Waals surface area contributed by atoms with Crippen molar-refractivity contribution in [1.82, 2.24) is 10.2 Å². The number of halogens is 1. The highest BCUT2D eigenvalue weighted by atomic mass is 32.2. The first-order valence-corrected chi connectivity index (χ1v) is 12.0. The molecule has 0 aliphatic carbocycles. The first-order valence-electron chi connectivity index (χ1n) is 10.2. The van der Waals surface area contributed by atoms with Crippen LogP contribution in [0.15, 0.2) is 48.5 Å². The number of carbonyl (C=O) groups is 1. The van der Waals surface area contributed by atoms with Crippen LogP contribution in [0, 0.1) is 5.82 Å². The first kappa shape index (κ1) is 22.2. The van der Waals surface area contributed by atoms with Gasteiger partial charge in [-0.2, -0.15) is 0 Å². The minimum absolute atomic E-state index is 0.118. The third kappa shape index (κ3) is 6.03. The van der Waals surface area contributed by atoms with Crippen molar-refractivity contribution < 1.29 is 17.6 Å². The zero-order chi connectivity index (χ0) is 21.6. The summed E-state index contributed by atoms with van der Waals surface area (Å²) in [4.78, 5) is 14.7. The van der Waals surface area contributed by atoms with Gasteiger partial charge in [-0.3, -0.25) is 9.10 Å². The van der Waals surface area contributed by atoms with E-state index in [1.807, 2.05) is 0 Å². The Bertz CT molecular complexity index is 958. The number of rotatable bonds is 8. The second-order valence-corrected chi connectivity index (χ2v) is 9.47. The second-order valence-electron chi connectivity index (χ2n) is 7.57. The molecule has 8 heteroatoms. The monoisotopic (exact) mass is 433 g/mol. The fraction of sp³-hybridized carbons (Fsp3) is 0.409. The lowest BCUT2D eigenvalue weighted by Crippen LogP contribution is -2.37. The molecule has 1 fully saturated rings. The molecule has 1 N–H and O–H groups in total. The van der Waals surface area contributed by atoms with E-state index in [0.717, 1.165) is 30.2 Å². The fourth-order valence-electron chi connectivity index (χ4n) is 3.57. The summed E-state index contributed by atoms with van der Waals surface area (Å²) in [5.74, 6) is -0.658. The SMILES string of the molecule is CS(=O)(=O)N(Cc1ccccc1F)c1ccc(C(=O)NCCN2CCCCC2)cc1. The average Bonchev–Trinajstić information content (AvgIpc) is 2.73. The molecule has 30 heavy (non-hydrogen) atoms. The van der Waals surface area contributed by atoms with Crippen molar-refractivity contribution in [3.63, 3.8) is 0 Å². The zero-order valence-electron chi connectivity index (χ0n) is 17.2. The summed E-state index contributed by atoms with van der Waals surface area (Å²) in [5, 5.41) is 2.91. The Morgan fingerprint density at radius 1 is 1.07 bits per heavy atom. The Labute approximate surface area is 177 Å². The molecule has 0 spiro atoms.